The van der Waals surface area contributed by atoms with Crippen LogP contribution in [0.4, 0.5) is 0 Å². The summed E-state index contributed by atoms with van der Waals surface area (Å²) >= 11 is 0. The number of hydrogen-bond acceptors (Lipinski definition) is 3. The number of imidazole rings is 1. The maximum Gasteiger partial charge on any atom is 0.0951 e. The molecule has 0 amide bonds. The van der Waals surface area contributed by atoms with Crippen molar-refractivity contribution in [1.29, 1.82) is 0 Å². The molecule has 4 nitrogen and oxygen atoms in total. The molecule has 1 aromatic heterocycles. The van der Waals surface area contributed by atoms with Gasteiger partial charge in [0.25, 0.3) is 0 Å². The van der Waals surface area contributed by atoms with E-state index in [1.807, 2.05) is 12.5 Å². The topological polar surface area (TPSA) is 30.3 Å². The second-order valence-electron chi connectivity index (χ2n) is 6.18. The molecule has 118 valence electrons. The molecule has 0 bridgehead atoms. The van der Waals surface area contributed by atoms with Crippen molar-refractivity contribution in [2.24, 2.45) is 0 Å². The second kappa shape index (κ2) is 7.56. The van der Waals surface area contributed by atoms with Gasteiger partial charge in [-0.15, -0.1) is 0 Å². The molecule has 0 saturated carbocycles. The van der Waals surface area contributed by atoms with Crippen molar-refractivity contribution in [1.82, 2.24) is 14.5 Å². The predicted molar refractivity (Wildman–Crippen MR) is 87.7 cm³/mol. The molecule has 0 radical (unpaired) electrons. The van der Waals surface area contributed by atoms with Crippen LogP contribution in [0.3, 0.4) is 0 Å². The van der Waals surface area contributed by atoms with E-state index >= 15 is 0 Å². The van der Waals surface area contributed by atoms with Crippen molar-refractivity contribution in [2.75, 3.05) is 20.2 Å². The third kappa shape index (κ3) is 4.18. The molecule has 0 N–H and O–H groups in total. The smallest absolute Gasteiger partial charge is 0.0951 e. The molecule has 1 saturated heterocycles. The fourth-order valence-electron chi connectivity index (χ4n) is 3.04. The summed E-state index contributed by atoms with van der Waals surface area (Å²) in [5, 5.41) is 0. The Kier molecular flexibility index (Phi) is 5.24. The lowest BCUT2D eigenvalue weighted by Gasteiger charge is -2.27. The maximum absolute atomic E-state index is 5.83. The number of benzene rings is 1. The average molecular weight is 299 g/mol. The molecule has 4 heteroatoms. The van der Waals surface area contributed by atoms with Crippen LogP contribution in [0.15, 0.2) is 42.9 Å². The third-order valence-corrected chi connectivity index (χ3v) is 4.22. The molecular weight excluding hydrogens is 274 g/mol. The van der Waals surface area contributed by atoms with E-state index in [4.69, 9.17) is 4.74 Å². The van der Waals surface area contributed by atoms with Crippen LogP contribution in [0.1, 0.15) is 30.5 Å². The zero-order chi connectivity index (χ0) is 15.2. The number of ether oxygens (including phenoxy) is 1. The summed E-state index contributed by atoms with van der Waals surface area (Å²) < 4.78 is 8.06. The Labute approximate surface area is 132 Å². The maximum atomic E-state index is 5.83. The molecule has 1 atom stereocenters. The van der Waals surface area contributed by atoms with Gasteiger partial charge in [-0.05, 0) is 31.9 Å². The van der Waals surface area contributed by atoms with Gasteiger partial charge in [0.2, 0.25) is 0 Å². The molecule has 1 unspecified atom stereocenters. The Balaban J connectivity index is 1.57. The largest absolute Gasteiger partial charge is 0.377 e. The highest BCUT2D eigenvalue weighted by atomic mass is 16.5. The Morgan fingerprint density at radius 2 is 2.14 bits per heavy atom. The summed E-state index contributed by atoms with van der Waals surface area (Å²) in [6.45, 7) is 3.71. The van der Waals surface area contributed by atoms with Crippen LogP contribution in [-0.2, 0) is 17.8 Å². The molecule has 2 heterocycles. The van der Waals surface area contributed by atoms with E-state index in [0.717, 1.165) is 26.2 Å². The highest BCUT2D eigenvalue weighted by molar-refractivity contribution is 5.16. The molecule has 3 rings (SSSR count). The first-order chi connectivity index (χ1) is 10.8. The Hall–Kier alpha value is -1.65. The van der Waals surface area contributed by atoms with Crippen LogP contribution in [-0.4, -0.2) is 40.8 Å². The van der Waals surface area contributed by atoms with E-state index in [-0.39, 0.29) is 0 Å². The van der Waals surface area contributed by atoms with E-state index in [2.05, 4.69) is 51.8 Å². The van der Waals surface area contributed by atoms with Crippen LogP contribution in [0, 0.1) is 0 Å². The zero-order valence-electron chi connectivity index (χ0n) is 13.3. The minimum atomic E-state index is 0.393. The van der Waals surface area contributed by atoms with Gasteiger partial charge in [-0.3, -0.25) is 4.90 Å². The van der Waals surface area contributed by atoms with Gasteiger partial charge in [0.15, 0.2) is 0 Å². The summed E-state index contributed by atoms with van der Waals surface area (Å²) in [6, 6.07) is 10.5. The van der Waals surface area contributed by atoms with Gasteiger partial charge in [-0.1, -0.05) is 30.3 Å². The second-order valence-corrected chi connectivity index (χ2v) is 6.18. The standard InChI is InChI=1S/C18H25N3O/c1-20(14-18-9-5-6-10-22-18)13-17-11-19-15-21(17)12-16-7-3-2-4-8-16/h2-4,7-8,11,15,18H,5-6,9-10,12-14H2,1H3. The van der Waals surface area contributed by atoms with Gasteiger partial charge >= 0.3 is 0 Å². The van der Waals surface area contributed by atoms with Gasteiger partial charge in [0.1, 0.15) is 0 Å². The van der Waals surface area contributed by atoms with Crippen molar-refractivity contribution in [3.8, 4) is 0 Å². The van der Waals surface area contributed by atoms with E-state index in [1.165, 1.54) is 30.5 Å². The van der Waals surface area contributed by atoms with Crippen molar-refractivity contribution in [3.63, 3.8) is 0 Å². The fourth-order valence-corrected chi connectivity index (χ4v) is 3.04. The van der Waals surface area contributed by atoms with Crippen LogP contribution in [0.5, 0.6) is 0 Å². The number of nitrogens with zero attached hydrogens (tertiary/aromatic N) is 3. The van der Waals surface area contributed by atoms with E-state index in [9.17, 15) is 0 Å². The lowest BCUT2D eigenvalue weighted by atomic mass is 10.1. The summed E-state index contributed by atoms with van der Waals surface area (Å²) in [6.07, 6.45) is 7.99. The highest BCUT2D eigenvalue weighted by Crippen LogP contribution is 2.15. The molecule has 22 heavy (non-hydrogen) atoms. The Bertz CT molecular complexity index is 561. The van der Waals surface area contributed by atoms with Crippen molar-refractivity contribution >= 4 is 0 Å². The normalized spacial score (nSPS) is 18.7. The zero-order valence-corrected chi connectivity index (χ0v) is 13.3. The van der Waals surface area contributed by atoms with Gasteiger partial charge in [0.05, 0.1) is 18.1 Å². The third-order valence-electron chi connectivity index (χ3n) is 4.22. The van der Waals surface area contributed by atoms with Gasteiger partial charge in [-0.2, -0.15) is 0 Å². The Morgan fingerprint density at radius 3 is 2.91 bits per heavy atom. The predicted octanol–water partition coefficient (Wildman–Crippen LogP) is 2.93. The lowest BCUT2D eigenvalue weighted by molar-refractivity contribution is -0.00286. The number of hydrogen-bond donors (Lipinski definition) is 0. The summed E-state index contributed by atoms with van der Waals surface area (Å²) in [5.74, 6) is 0. The molecule has 0 aliphatic carbocycles. The number of rotatable bonds is 6. The van der Waals surface area contributed by atoms with Crippen molar-refractivity contribution < 1.29 is 4.74 Å². The monoisotopic (exact) mass is 299 g/mol. The first-order valence-electron chi connectivity index (χ1n) is 8.14. The molecule has 2 aromatic rings. The van der Waals surface area contributed by atoms with E-state index in [1.54, 1.807) is 0 Å². The quantitative estimate of drug-likeness (QED) is 0.821. The SMILES string of the molecule is CN(Cc1cncn1Cc1ccccc1)CC1CCCCO1. The fraction of sp³-hybridized carbons (Fsp3) is 0.500. The molecule has 0 spiro atoms. The molecule has 1 aromatic carbocycles. The van der Waals surface area contributed by atoms with Crippen molar-refractivity contribution in [2.45, 2.75) is 38.5 Å². The average Bonchev–Trinajstić information content (AvgIpc) is 2.96. The minimum Gasteiger partial charge on any atom is -0.377 e. The molecule has 1 aliphatic rings. The molecule has 1 fully saturated rings. The summed E-state index contributed by atoms with van der Waals surface area (Å²) in [7, 11) is 2.16. The first-order valence-corrected chi connectivity index (χ1v) is 8.14. The summed E-state index contributed by atoms with van der Waals surface area (Å²) in [4.78, 5) is 6.66. The lowest BCUT2D eigenvalue weighted by Crippen LogP contribution is -2.33. The van der Waals surface area contributed by atoms with Crippen LogP contribution in [0.25, 0.3) is 0 Å². The van der Waals surface area contributed by atoms with Crippen LogP contribution < -0.4 is 0 Å². The van der Waals surface area contributed by atoms with E-state index in [0.29, 0.717) is 6.10 Å². The molecular formula is C18H25N3O. The summed E-state index contributed by atoms with van der Waals surface area (Å²) in [5.41, 5.74) is 2.56. The minimum absolute atomic E-state index is 0.393. The van der Waals surface area contributed by atoms with Gasteiger partial charge in [-0.25, -0.2) is 4.98 Å². The first kappa shape index (κ1) is 15.3. The highest BCUT2D eigenvalue weighted by Gasteiger charge is 2.16. The van der Waals surface area contributed by atoms with Crippen molar-refractivity contribution in [3.05, 3.63) is 54.1 Å². The van der Waals surface area contributed by atoms with Crippen LogP contribution >= 0.6 is 0 Å². The number of likely N-dealkylation sites (N-methyl/N-ethyl adjacent to an activating group) is 1. The van der Waals surface area contributed by atoms with Gasteiger partial charge < -0.3 is 9.30 Å². The van der Waals surface area contributed by atoms with E-state index < -0.39 is 0 Å². The Morgan fingerprint density at radius 1 is 1.27 bits per heavy atom. The van der Waals surface area contributed by atoms with Crippen LogP contribution in [0.2, 0.25) is 0 Å². The molecule has 1 aliphatic heterocycles. The number of aromatic nitrogens is 2. The van der Waals surface area contributed by atoms with Gasteiger partial charge in [0, 0.05) is 32.4 Å².